The first-order chi connectivity index (χ1) is 8.65. The van der Waals surface area contributed by atoms with Crippen LogP contribution in [0, 0.1) is 0 Å². The fraction of sp³-hybridized carbons (Fsp3) is 0.333. The second-order valence-corrected chi connectivity index (χ2v) is 8.89. The predicted octanol–water partition coefficient (Wildman–Crippen LogP) is 5.10. The van der Waals surface area contributed by atoms with Gasteiger partial charge in [0, 0.05) is 24.9 Å². The van der Waals surface area contributed by atoms with Gasteiger partial charge in [0.25, 0.3) is 0 Å². The fourth-order valence-corrected chi connectivity index (χ4v) is 6.14. The molecule has 0 aliphatic carbocycles. The van der Waals surface area contributed by atoms with Crippen molar-refractivity contribution in [3.8, 4) is 0 Å². The van der Waals surface area contributed by atoms with Gasteiger partial charge in [0.2, 0.25) is 0 Å². The maximum absolute atomic E-state index is 10.4. The molecule has 0 spiro atoms. The quantitative estimate of drug-likeness (QED) is 0.781. The Balaban J connectivity index is 1.92. The number of hydrogen-bond donors (Lipinski definition) is 1. The maximum Gasteiger partial charge on any atom is 0.122 e. The molecule has 1 unspecified atom stereocenters. The van der Waals surface area contributed by atoms with Crippen LogP contribution >= 0.6 is 62.0 Å². The first-order valence-corrected chi connectivity index (χ1v) is 9.43. The highest BCUT2D eigenvalue weighted by molar-refractivity contribution is 9.10. The minimum atomic E-state index is -0.542. The van der Waals surface area contributed by atoms with Crippen LogP contribution in [0.15, 0.2) is 16.6 Å². The standard InChI is InChI=1S/C12H10BrClOS3/c13-7-4-10(18-12(7)14)11(15)9-3-6-5-16-2-1-8(6)17-9/h3-4,11,15H,1-2,5H2. The molecule has 3 heterocycles. The molecule has 0 amide bonds. The number of fused-ring (bicyclic) bond motifs is 1. The average Bonchev–Trinajstić information content (AvgIpc) is 2.93. The van der Waals surface area contributed by atoms with Gasteiger partial charge in [0.15, 0.2) is 0 Å². The molecule has 1 aliphatic heterocycles. The van der Waals surface area contributed by atoms with E-state index < -0.39 is 6.10 Å². The number of halogens is 2. The minimum absolute atomic E-state index is 0.542. The average molecular weight is 382 g/mol. The first-order valence-electron chi connectivity index (χ1n) is 5.47. The fourth-order valence-electron chi connectivity index (χ4n) is 1.94. The van der Waals surface area contributed by atoms with Crippen molar-refractivity contribution in [2.24, 2.45) is 0 Å². The summed E-state index contributed by atoms with van der Waals surface area (Å²) in [6.45, 7) is 0. The molecule has 2 aromatic heterocycles. The Labute approximate surface area is 131 Å². The zero-order valence-corrected chi connectivity index (χ0v) is 14.1. The molecule has 0 aromatic carbocycles. The lowest BCUT2D eigenvalue weighted by Gasteiger charge is -2.08. The van der Waals surface area contributed by atoms with Crippen LogP contribution in [-0.4, -0.2) is 10.9 Å². The summed E-state index contributed by atoms with van der Waals surface area (Å²) in [5.41, 5.74) is 1.40. The van der Waals surface area contributed by atoms with Crippen molar-refractivity contribution >= 4 is 62.0 Å². The van der Waals surface area contributed by atoms with Crippen molar-refractivity contribution in [2.45, 2.75) is 18.3 Å². The largest absolute Gasteiger partial charge is 0.382 e. The van der Waals surface area contributed by atoms with Crippen LogP contribution in [0.3, 0.4) is 0 Å². The van der Waals surface area contributed by atoms with E-state index in [0.717, 1.165) is 26.4 Å². The Kier molecular flexibility index (Phi) is 4.09. The summed E-state index contributed by atoms with van der Waals surface area (Å²) in [4.78, 5) is 3.37. The van der Waals surface area contributed by atoms with Crippen LogP contribution in [0.1, 0.15) is 26.3 Å². The normalized spacial score (nSPS) is 16.6. The molecule has 0 fully saturated rings. The Bertz CT molecular complexity index is 535. The molecule has 1 N–H and O–H groups in total. The number of rotatable bonds is 2. The number of thioether (sulfide) groups is 1. The number of aliphatic hydroxyl groups excluding tert-OH is 1. The molecule has 2 aromatic rings. The van der Waals surface area contributed by atoms with Gasteiger partial charge in [0.05, 0.1) is 0 Å². The third-order valence-electron chi connectivity index (χ3n) is 2.85. The molecular weight excluding hydrogens is 372 g/mol. The molecule has 1 aliphatic rings. The molecular formula is C12H10BrClOS3. The van der Waals surface area contributed by atoms with Gasteiger partial charge in [-0.05, 0) is 45.8 Å². The molecule has 3 rings (SSSR count). The van der Waals surface area contributed by atoms with E-state index in [-0.39, 0.29) is 0 Å². The van der Waals surface area contributed by atoms with Gasteiger partial charge in [-0.1, -0.05) is 11.6 Å². The number of aryl methyl sites for hydroxylation is 1. The Morgan fingerprint density at radius 1 is 1.28 bits per heavy atom. The first kappa shape index (κ1) is 13.5. The van der Waals surface area contributed by atoms with Crippen molar-refractivity contribution in [1.29, 1.82) is 0 Å². The van der Waals surface area contributed by atoms with Gasteiger partial charge in [-0.2, -0.15) is 11.8 Å². The molecule has 1 nitrogen and oxygen atoms in total. The van der Waals surface area contributed by atoms with Crippen LogP contribution in [0.25, 0.3) is 0 Å². The van der Waals surface area contributed by atoms with Gasteiger partial charge >= 0.3 is 0 Å². The van der Waals surface area contributed by atoms with E-state index >= 15 is 0 Å². The minimum Gasteiger partial charge on any atom is -0.382 e. The van der Waals surface area contributed by atoms with Crippen molar-refractivity contribution in [3.63, 3.8) is 0 Å². The van der Waals surface area contributed by atoms with Crippen molar-refractivity contribution in [1.82, 2.24) is 0 Å². The Morgan fingerprint density at radius 3 is 2.72 bits per heavy atom. The predicted molar refractivity (Wildman–Crippen MR) is 85.3 cm³/mol. The van der Waals surface area contributed by atoms with Crippen molar-refractivity contribution in [3.05, 3.63) is 41.1 Å². The Morgan fingerprint density at radius 2 is 2.06 bits per heavy atom. The van der Waals surface area contributed by atoms with Gasteiger partial charge in [-0.3, -0.25) is 0 Å². The molecule has 18 heavy (non-hydrogen) atoms. The number of thiophene rings is 2. The number of aliphatic hydroxyl groups is 1. The highest BCUT2D eigenvalue weighted by Crippen LogP contribution is 2.41. The van der Waals surface area contributed by atoms with E-state index in [1.807, 2.05) is 17.8 Å². The molecule has 96 valence electrons. The van der Waals surface area contributed by atoms with Gasteiger partial charge in [-0.25, -0.2) is 0 Å². The van der Waals surface area contributed by atoms with Crippen LogP contribution in [-0.2, 0) is 12.2 Å². The molecule has 6 heteroatoms. The lowest BCUT2D eigenvalue weighted by atomic mass is 10.2. The summed E-state index contributed by atoms with van der Waals surface area (Å²) >= 11 is 14.5. The van der Waals surface area contributed by atoms with Gasteiger partial charge in [-0.15, -0.1) is 22.7 Å². The lowest BCUT2D eigenvalue weighted by Crippen LogP contribution is -1.96. The SMILES string of the molecule is OC(c1cc(Br)c(Cl)s1)c1cc2c(s1)CCSC2. The molecule has 0 saturated carbocycles. The molecule has 1 atom stereocenters. The topological polar surface area (TPSA) is 20.2 Å². The number of hydrogen-bond acceptors (Lipinski definition) is 4. The molecule has 0 bridgehead atoms. The highest BCUT2D eigenvalue weighted by Gasteiger charge is 2.21. The second-order valence-electron chi connectivity index (χ2n) is 4.07. The smallest absolute Gasteiger partial charge is 0.122 e. The van der Waals surface area contributed by atoms with E-state index in [4.69, 9.17) is 11.6 Å². The van der Waals surface area contributed by atoms with Crippen LogP contribution in [0.5, 0.6) is 0 Å². The van der Waals surface area contributed by atoms with Gasteiger partial charge in [0.1, 0.15) is 10.4 Å². The van der Waals surface area contributed by atoms with E-state index in [2.05, 4.69) is 22.0 Å². The van der Waals surface area contributed by atoms with Crippen LogP contribution in [0.4, 0.5) is 0 Å². The van der Waals surface area contributed by atoms with E-state index in [0.29, 0.717) is 4.34 Å². The van der Waals surface area contributed by atoms with E-state index in [9.17, 15) is 5.11 Å². The summed E-state index contributed by atoms with van der Waals surface area (Å²) in [7, 11) is 0. The second kappa shape index (κ2) is 5.46. The zero-order chi connectivity index (χ0) is 12.7. The maximum atomic E-state index is 10.4. The third-order valence-corrected chi connectivity index (χ3v) is 7.67. The summed E-state index contributed by atoms with van der Waals surface area (Å²) < 4.78 is 1.56. The van der Waals surface area contributed by atoms with Crippen LogP contribution in [0.2, 0.25) is 4.34 Å². The summed E-state index contributed by atoms with van der Waals surface area (Å²) in [6, 6.07) is 4.06. The van der Waals surface area contributed by atoms with E-state index in [1.165, 1.54) is 27.5 Å². The van der Waals surface area contributed by atoms with Crippen LogP contribution < -0.4 is 0 Å². The monoisotopic (exact) mass is 380 g/mol. The summed E-state index contributed by atoms with van der Waals surface area (Å²) in [5.74, 6) is 2.27. The summed E-state index contributed by atoms with van der Waals surface area (Å²) in [6.07, 6.45) is 0.589. The van der Waals surface area contributed by atoms with Gasteiger partial charge < -0.3 is 5.11 Å². The third kappa shape index (κ3) is 2.53. The van der Waals surface area contributed by atoms with E-state index in [1.54, 1.807) is 11.3 Å². The molecule has 0 radical (unpaired) electrons. The van der Waals surface area contributed by atoms with Crippen molar-refractivity contribution < 1.29 is 5.11 Å². The Hall–Kier alpha value is 0.480. The lowest BCUT2D eigenvalue weighted by molar-refractivity contribution is 0.228. The highest BCUT2D eigenvalue weighted by atomic mass is 79.9. The summed E-state index contributed by atoms with van der Waals surface area (Å²) in [5, 5.41) is 10.4. The zero-order valence-electron chi connectivity index (χ0n) is 9.28. The van der Waals surface area contributed by atoms with Crippen molar-refractivity contribution in [2.75, 3.05) is 5.75 Å². The molecule has 0 saturated heterocycles.